The molecule has 1 nitrogen and oxygen atoms in total. The number of rotatable bonds is 2. The molecule has 1 saturated heterocycles. The molecule has 68 valence electrons. The van der Waals surface area contributed by atoms with E-state index in [2.05, 4.69) is 55.6 Å². The predicted molar refractivity (Wildman–Crippen MR) is 56.5 cm³/mol. The van der Waals surface area contributed by atoms with E-state index < -0.39 is 0 Å². The summed E-state index contributed by atoms with van der Waals surface area (Å²) >= 11 is 0. The quantitative estimate of drug-likeness (QED) is 0.682. The Morgan fingerprint density at radius 2 is 1.85 bits per heavy atom. The first-order valence-electron chi connectivity index (χ1n) is 4.69. The lowest BCUT2D eigenvalue weighted by Gasteiger charge is -1.93. The topological polar surface area (TPSA) is 21.9 Å². The molecule has 0 amide bonds. The van der Waals surface area contributed by atoms with Gasteiger partial charge in [0.1, 0.15) is 0 Å². The molecule has 1 aromatic carbocycles. The van der Waals surface area contributed by atoms with Crippen molar-refractivity contribution >= 4 is 6.08 Å². The van der Waals surface area contributed by atoms with Crippen LogP contribution in [0.25, 0.3) is 6.08 Å². The summed E-state index contributed by atoms with van der Waals surface area (Å²) in [6.07, 6.45) is 4.40. The summed E-state index contributed by atoms with van der Waals surface area (Å²) in [6.45, 7) is 4.43. The van der Waals surface area contributed by atoms with Gasteiger partial charge in [0.25, 0.3) is 0 Å². The van der Waals surface area contributed by atoms with Crippen molar-refractivity contribution in [1.29, 1.82) is 0 Å². The van der Waals surface area contributed by atoms with Gasteiger partial charge in [0, 0.05) is 11.6 Å². The molecule has 1 heterocycles. The maximum absolute atomic E-state index is 3.39. The Morgan fingerprint density at radius 1 is 1.23 bits per heavy atom. The summed E-state index contributed by atoms with van der Waals surface area (Å²) in [6, 6.07) is 10.9. The molecule has 1 aliphatic heterocycles. The van der Waals surface area contributed by atoms with E-state index in [-0.39, 0.29) is 0 Å². The van der Waals surface area contributed by atoms with E-state index in [1.165, 1.54) is 5.56 Å². The molecule has 0 aliphatic carbocycles. The van der Waals surface area contributed by atoms with E-state index in [0.29, 0.717) is 11.6 Å². The molecule has 0 bridgehead atoms. The van der Waals surface area contributed by atoms with E-state index in [0.717, 1.165) is 0 Å². The highest BCUT2D eigenvalue weighted by molar-refractivity contribution is 5.51. The molecular weight excluding hydrogens is 158 g/mol. The van der Waals surface area contributed by atoms with Crippen LogP contribution >= 0.6 is 0 Å². The summed E-state index contributed by atoms with van der Waals surface area (Å²) in [5, 5.41) is 3.39. The third-order valence-corrected chi connectivity index (χ3v) is 2.50. The monoisotopic (exact) mass is 173 g/mol. The first-order chi connectivity index (χ1) is 6.18. The number of nitrogens with one attached hydrogen (secondary N) is 1. The second-order valence-electron chi connectivity index (χ2n) is 4.11. The SMILES string of the molecule is CC1(C)NC1/C=C/c1ccccc1. The number of benzene rings is 1. The molecule has 1 atom stereocenters. The fraction of sp³-hybridized carbons (Fsp3) is 0.333. The van der Waals surface area contributed by atoms with Gasteiger partial charge in [-0.1, -0.05) is 42.5 Å². The average molecular weight is 173 g/mol. The summed E-state index contributed by atoms with van der Waals surface area (Å²) in [4.78, 5) is 0. The summed E-state index contributed by atoms with van der Waals surface area (Å²) in [7, 11) is 0. The minimum Gasteiger partial charge on any atom is -0.302 e. The van der Waals surface area contributed by atoms with Crippen molar-refractivity contribution in [3.8, 4) is 0 Å². The number of hydrogen-bond acceptors (Lipinski definition) is 1. The molecule has 2 rings (SSSR count). The summed E-state index contributed by atoms with van der Waals surface area (Å²) in [5.74, 6) is 0. The average Bonchev–Trinajstić information content (AvgIpc) is 2.73. The van der Waals surface area contributed by atoms with Crippen molar-refractivity contribution in [1.82, 2.24) is 5.32 Å². The lowest BCUT2D eigenvalue weighted by molar-refractivity contribution is 0.770. The summed E-state index contributed by atoms with van der Waals surface area (Å²) < 4.78 is 0. The Hall–Kier alpha value is -1.08. The van der Waals surface area contributed by atoms with Crippen LogP contribution in [0.15, 0.2) is 36.4 Å². The smallest absolute Gasteiger partial charge is 0.0437 e. The fourth-order valence-corrected chi connectivity index (χ4v) is 1.42. The van der Waals surface area contributed by atoms with Gasteiger partial charge in [0.15, 0.2) is 0 Å². The van der Waals surface area contributed by atoms with Crippen LogP contribution in [0.1, 0.15) is 19.4 Å². The minimum atomic E-state index is 0.311. The lowest BCUT2D eigenvalue weighted by atomic mass is 10.1. The van der Waals surface area contributed by atoms with Crippen molar-refractivity contribution in [3.63, 3.8) is 0 Å². The highest BCUT2D eigenvalue weighted by Crippen LogP contribution is 2.26. The van der Waals surface area contributed by atoms with E-state index in [4.69, 9.17) is 0 Å². The zero-order chi connectivity index (χ0) is 9.31. The van der Waals surface area contributed by atoms with Gasteiger partial charge in [-0.25, -0.2) is 0 Å². The van der Waals surface area contributed by atoms with Gasteiger partial charge in [-0.2, -0.15) is 0 Å². The molecule has 13 heavy (non-hydrogen) atoms. The van der Waals surface area contributed by atoms with Gasteiger partial charge in [-0.3, -0.25) is 0 Å². The molecule has 1 aromatic rings. The van der Waals surface area contributed by atoms with Crippen molar-refractivity contribution in [2.45, 2.75) is 25.4 Å². The van der Waals surface area contributed by atoms with Crippen LogP contribution in [0.4, 0.5) is 0 Å². The highest BCUT2D eigenvalue weighted by atomic mass is 15.2. The third kappa shape index (κ3) is 1.99. The standard InChI is InChI=1S/C12H15N/c1-12(2)11(13-12)9-8-10-6-4-3-5-7-10/h3-9,11,13H,1-2H3/b9-8+. The Bertz CT molecular complexity index is 311. The van der Waals surface area contributed by atoms with E-state index >= 15 is 0 Å². The molecule has 1 heteroatoms. The van der Waals surface area contributed by atoms with Gasteiger partial charge in [0.05, 0.1) is 0 Å². The van der Waals surface area contributed by atoms with E-state index in [1.54, 1.807) is 0 Å². The predicted octanol–water partition coefficient (Wildman–Crippen LogP) is 2.45. The molecule has 0 saturated carbocycles. The Labute approximate surface area is 79.5 Å². The van der Waals surface area contributed by atoms with Crippen LogP contribution in [0.5, 0.6) is 0 Å². The maximum Gasteiger partial charge on any atom is 0.0437 e. The van der Waals surface area contributed by atoms with Crippen molar-refractivity contribution in [2.24, 2.45) is 0 Å². The largest absolute Gasteiger partial charge is 0.302 e. The zero-order valence-corrected chi connectivity index (χ0v) is 8.12. The first kappa shape index (κ1) is 8.52. The van der Waals surface area contributed by atoms with Crippen molar-refractivity contribution < 1.29 is 0 Å². The summed E-state index contributed by atoms with van der Waals surface area (Å²) in [5.41, 5.74) is 1.58. The van der Waals surface area contributed by atoms with E-state index in [1.807, 2.05) is 6.07 Å². The fourth-order valence-electron chi connectivity index (χ4n) is 1.42. The second-order valence-corrected chi connectivity index (χ2v) is 4.11. The van der Waals surface area contributed by atoms with Crippen LogP contribution in [0.2, 0.25) is 0 Å². The maximum atomic E-state index is 3.39. The van der Waals surface area contributed by atoms with Crippen molar-refractivity contribution in [3.05, 3.63) is 42.0 Å². The van der Waals surface area contributed by atoms with Crippen LogP contribution in [-0.4, -0.2) is 11.6 Å². The highest BCUT2D eigenvalue weighted by Gasteiger charge is 2.42. The second kappa shape index (κ2) is 3.00. The molecule has 0 aromatic heterocycles. The Balaban J connectivity index is 2.00. The van der Waals surface area contributed by atoms with Crippen molar-refractivity contribution in [2.75, 3.05) is 0 Å². The molecular formula is C12H15N. The van der Waals surface area contributed by atoms with Gasteiger partial charge in [-0.15, -0.1) is 0 Å². The molecule has 0 spiro atoms. The lowest BCUT2D eigenvalue weighted by Crippen LogP contribution is -2.01. The Morgan fingerprint density at radius 3 is 2.38 bits per heavy atom. The zero-order valence-electron chi connectivity index (χ0n) is 8.12. The van der Waals surface area contributed by atoms with E-state index in [9.17, 15) is 0 Å². The molecule has 1 fully saturated rings. The molecule has 1 aliphatic rings. The molecule has 1 N–H and O–H groups in total. The third-order valence-electron chi connectivity index (χ3n) is 2.50. The van der Waals surface area contributed by atoms with Crippen LogP contribution in [-0.2, 0) is 0 Å². The van der Waals surface area contributed by atoms with Gasteiger partial charge < -0.3 is 5.32 Å². The van der Waals surface area contributed by atoms with Gasteiger partial charge in [0.2, 0.25) is 0 Å². The molecule has 0 radical (unpaired) electrons. The number of hydrogen-bond donors (Lipinski definition) is 1. The van der Waals surface area contributed by atoms with Gasteiger partial charge in [-0.05, 0) is 19.4 Å². The molecule has 1 unspecified atom stereocenters. The minimum absolute atomic E-state index is 0.311. The van der Waals surface area contributed by atoms with Crippen LogP contribution < -0.4 is 5.32 Å². The normalized spacial score (nSPS) is 24.9. The Kier molecular flexibility index (Phi) is 1.97. The van der Waals surface area contributed by atoms with Gasteiger partial charge >= 0.3 is 0 Å². The van der Waals surface area contributed by atoms with Crippen LogP contribution in [0, 0.1) is 0 Å². The first-order valence-corrected chi connectivity index (χ1v) is 4.69. The van der Waals surface area contributed by atoms with Crippen LogP contribution in [0.3, 0.4) is 0 Å².